The van der Waals surface area contributed by atoms with Gasteiger partial charge in [-0.3, -0.25) is 5.43 Å². The predicted molar refractivity (Wildman–Crippen MR) is 91.1 cm³/mol. The zero-order valence-corrected chi connectivity index (χ0v) is 13.1. The van der Waals surface area contributed by atoms with Gasteiger partial charge in [0.1, 0.15) is 0 Å². The molecule has 3 rings (SSSR count). The van der Waals surface area contributed by atoms with Crippen LogP contribution in [0.4, 0.5) is 24.5 Å². The number of para-hydroxylation sites is 2. The fourth-order valence-corrected chi connectivity index (χ4v) is 2.17. The summed E-state index contributed by atoms with van der Waals surface area (Å²) in [4.78, 5) is 5.73. The van der Waals surface area contributed by atoms with Crippen molar-refractivity contribution in [1.29, 1.82) is 0 Å². The Hall–Kier alpha value is -3.15. The van der Waals surface area contributed by atoms with Crippen LogP contribution in [0.3, 0.4) is 0 Å². The highest BCUT2D eigenvalue weighted by molar-refractivity contribution is 5.55. The van der Waals surface area contributed by atoms with Crippen LogP contribution >= 0.6 is 0 Å². The lowest BCUT2D eigenvalue weighted by molar-refractivity contribution is -0.137. The van der Waals surface area contributed by atoms with Crippen molar-refractivity contribution in [2.24, 2.45) is 0 Å². The molecule has 1 N–H and O–H groups in total. The lowest BCUT2D eigenvalue weighted by atomic mass is 10.2. The number of alkyl halides is 3. The molecule has 6 heteroatoms. The Labute approximate surface area is 143 Å². The van der Waals surface area contributed by atoms with Crippen molar-refractivity contribution < 1.29 is 18.0 Å². The average molecular weight is 344 g/mol. The standard InChI is InChI=1S/C19H15F3N2O/c20-19(21,22)15-8-7-11-17(14-15)24(23-16-9-3-1-4-10-16)25-18-12-5-2-6-13-18/h1-14,23H. The number of rotatable bonds is 5. The van der Waals surface area contributed by atoms with Crippen LogP contribution in [0.1, 0.15) is 5.56 Å². The second-order valence-corrected chi connectivity index (χ2v) is 5.22. The molecule has 3 aromatic carbocycles. The minimum absolute atomic E-state index is 0.225. The lowest BCUT2D eigenvalue weighted by Crippen LogP contribution is -2.33. The van der Waals surface area contributed by atoms with E-state index in [9.17, 15) is 13.2 Å². The van der Waals surface area contributed by atoms with Gasteiger partial charge in [0, 0.05) is 0 Å². The number of anilines is 2. The van der Waals surface area contributed by atoms with E-state index in [0.29, 0.717) is 11.4 Å². The summed E-state index contributed by atoms with van der Waals surface area (Å²) in [5, 5.41) is 1.21. The van der Waals surface area contributed by atoms with Crippen molar-refractivity contribution in [3.8, 4) is 5.75 Å². The van der Waals surface area contributed by atoms with Gasteiger partial charge < -0.3 is 4.84 Å². The molecule has 25 heavy (non-hydrogen) atoms. The van der Waals surface area contributed by atoms with Crippen molar-refractivity contribution in [2.75, 3.05) is 10.6 Å². The minimum Gasteiger partial charge on any atom is -0.359 e. The number of nitrogens with one attached hydrogen (secondary N) is 1. The maximum atomic E-state index is 13.0. The maximum absolute atomic E-state index is 13.0. The van der Waals surface area contributed by atoms with Gasteiger partial charge in [-0.15, -0.1) is 5.17 Å². The number of halogens is 3. The van der Waals surface area contributed by atoms with Crippen LogP contribution in [-0.4, -0.2) is 0 Å². The van der Waals surface area contributed by atoms with Gasteiger partial charge in [-0.05, 0) is 42.5 Å². The third kappa shape index (κ3) is 4.44. The van der Waals surface area contributed by atoms with Gasteiger partial charge >= 0.3 is 6.18 Å². The minimum atomic E-state index is -4.43. The van der Waals surface area contributed by atoms with Crippen LogP contribution in [0.2, 0.25) is 0 Å². The van der Waals surface area contributed by atoms with Gasteiger partial charge in [0.25, 0.3) is 0 Å². The molecule has 128 valence electrons. The van der Waals surface area contributed by atoms with E-state index >= 15 is 0 Å². The van der Waals surface area contributed by atoms with Gasteiger partial charge in [0.05, 0.1) is 16.9 Å². The number of benzene rings is 3. The number of nitrogens with zero attached hydrogens (tertiary/aromatic N) is 1. The molecular weight excluding hydrogens is 329 g/mol. The van der Waals surface area contributed by atoms with Crippen LogP contribution in [0.15, 0.2) is 84.9 Å². The Morgan fingerprint density at radius 1 is 0.760 bits per heavy atom. The van der Waals surface area contributed by atoms with Crippen molar-refractivity contribution >= 4 is 11.4 Å². The molecule has 0 bridgehead atoms. The molecule has 3 aromatic rings. The van der Waals surface area contributed by atoms with Crippen LogP contribution < -0.4 is 15.4 Å². The van der Waals surface area contributed by atoms with Gasteiger partial charge in [-0.25, -0.2) is 0 Å². The molecule has 0 saturated carbocycles. The van der Waals surface area contributed by atoms with Gasteiger partial charge in [0.2, 0.25) is 0 Å². The van der Waals surface area contributed by atoms with Crippen LogP contribution in [0, 0.1) is 0 Å². The molecule has 0 saturated heterocycles. The Morgan fingerprint density at radius 2 is 1.40 bits per heavy atom. The molecule has 0 aliphatic rings. The summed E-state index contributed by atoms with van der Waals surface area (Å²) in [6, 6.07) is 22.8. The quantitative estimate of drug-likeness (QED) is 0.616. The SMILES string of the molecule is FC(F)(F)c1cccc(N(Nc2ccccc2)Oc2ccccc2)c1. The zero-order chi connectivity index (χ0) is 17.7. The normalized spacial score (nSPS) is 11.0. The lowest BCUT2D eigenvalue weighted by Gasteiger charge is -2.26. The topological polar surface area (TPSA) is 24.5 Å². The molecule has 0 aliphatic carbocycles. The molecule has 0 radical (unpaired) electrons. The van der Waals surface area contributed by atoms with E-state index in [1.165, 1.54) is 17.3 Å². The predicted octanol–water partition coefficient (Wildman–Crippen LogP) is 5.53. The Balaban J connectivity index is 1.93. The molecule has 0 unspecified atom stereocenters. The number of hydrazine groups is 1. The maximum Gasteiger partial charge on any atom is 0.416 e. The molecule has 0 aromatic heterocycles. The fourth-order valence-electron chi connectivity index (χ4n) is 2.17. The van der Waals surface area contributed by atoms with E-state index < -0.39 is 11.7 Å². The van der Waals surface area contributed by atoms with Crippen molar-refractivity contribution in [3.05, 3.63) is 90.5 Å². The Bertz CT molecular complexity index is 766. The summed E-state index contributed by atoms with van der Waals surface area (Å²) in [7, 11) is 0. The first-order valence-electron chi connectivity index (χ1n) is 7.54. The average Bonchev–Trinajstić information content (AvgIpc) is 2.62. The second-order valence-electron chi connectivity index (χ2n) is 5.22. The highest BCUT2D eigenvalue weighted by Gasteiger charge is 2.31. The zero-order valence-electron chi connectivity index (χ0n) is 13.1. The van der Waals surface area contributed by atoms with Gasteiger partial charge in [-0.2, -0.15) is 13.2 Å². The third-order valence-electron chi connectivity index (χ3n) is 3.35. The molecule has 0 fully saturated rings. The van der Waals surface area contributed by atoms with Crippen molar-refractivity contribution in [2.45, 2.75) is 6.18 Å². The van der Waals surface area contributed by atoms with Crippen molar-refractivity contribution in [3.63, 3.8) is 0 Å². The van der Waals surface area contributed by atoms with E-state index in [4.69, 9.17) is 4.84 Å². The van der Waals surface area contributed by atoms with Crippen LogP contribution in [0.5, 0.6) is 5.75 Å². The van der Waals surface area contributed by atoms with Gasteiger partial charge in [-0.1, -0.05) is 42.5 Å². The molecule has 3 nitrogen and oxygen atoms in total. The largest absolute Gasteiger partial charge is 0.416 e. The molecule has 0 aliphatic heterocycles. The summed E-state index contributed by atoms with van der Waals surface area (Å²) in [5.41, 5.74) is 3.12. The fraction of sp³-hybridized carbons (Fsp3) is 0.0526. The van der Waals surface area contributed by atoms with E-state index in [-0.39, 0.29) is 5.69 Å². The van der Waals surface area contributed by atoms with Crippen molar-refractivity contribution in [1.82, 2.24) is 0 Å². The van der Waals surface area contributed by atoms with Crippen LogP contribution in [-0.2, 0) is 6.18 Å². The molecule has 0 heterocycles. The number of hydrogen-bond donors (Lipinski definition) is 1. The molecule has 0 spiro atoms. The summed E-state index contributed by atoms with van der Waals surface area (Å²) in [6.45, 7) is 0. The number of hydrogen-bond acceptors (Lipinski definition) is 3. The molecule has 0 amide bonds. The van der Waals surface area contributed by atoms with E-state index in [2.05, 4.69) is 5.43 Å². The Morgan fingerprint density at radius 3 is 2.04 bits per heavy atom. The first-order valence-corrected chi connectivity index (χ1v) is 7.54. The molecule has 0 atom stereocenters. The second kappa shape index (κ2) is 7.17. The highest BCUT2D eigenvalue weighted by atomic mass is 19.4. The Kier molecular flexibility index (Phi) is 4.79. The monoisotopic (exact) mass is 344 g/mol. The summed E-state index contributed by atoms with van der Waals surface area (Å²) in [5.74, 6) is 0.489. The molecular formula is C19H15F3N2O. The van der Waals surface area contributed by atoms with E-state index in [1.54, 1.807) is 36.4 Å². The first kappa shape index (κ1) is 16.7. The van der Waals surface area contributed by atoms with E-state index in [0.717, 1.165) is 12.1 Å². The first-order chi connectivity index (χ1) is 12.0. The smallest absolute Gasteiger partial charge is 0.359 e. The highest BCUT2D eigenvalue weighted by Crippen LogP contribution is 2.32. The summed E-state index contributed by atoms with van der Waals surface area (Å²) in [6.07, 6.45) is -4.43. The van der Waals surface area contributed by atoms with Crippen LogP contribution in [0.25, 0.3) is 0 Å². The third-order valence-corrected chi connectivity index (χ3v) is 3.35. The van der Waals surface area contributed by atoms with E-state index in [1.807, 2.05) is 24.3 Å². The van der Waals surface area contributed by atoms with Gasteiger partial charge in [0.15, 0.2) is 5.75 Å². The summed E-state index contributed by atoms with van der Waals surface area (Å²) < 4.78 is 39.0. The summed E-state index contributed by atoms with van der Waals surface area (Å²) >= 11 is 0.